The van der Waals surface area contributed by atoms with E-state index < -0.39 is 5.41 Å². The monoisotopic (exact) mass is 850 g/mol. The van der Waals surface area contributed by atoms with Crippen molar-refractivity contribution < 1.29 is 0 Å². The molecule has 0 spiro atoms. The van der Waals surface area contributed by atoms with Crippen LogP contribution in [0, 0.1) is 0 Å². The number of rotatable bonds is 7. The van der Waals surface area contributed by atoms with Crippen LogP contribution >= 0.6 is 0 Å². The highest BCUT2D eigenvalue weighted by Crippen LogP contribution is 2.57. The van der Waals surface area contributed by atoms with Crippen LogP contribution in [0.5, 0.6) is 0 Å². The summed E-state index contributed by atoms with van der Waals surface area (Å²) in [6.45, 7) is 0. The third kappa shape index (κ3) is 6.18. The Morgan fingerprint density at radius 2 is 0.776 bits per heavy atom. The normalized spacial score (nSPS) is 12.6. The largest absolute Gasteiger partial charge is 0.228 e. The molecule has 11 aromatic carbocycles. The first-order chi connectivity index (χ1) is 33.2. The van der Waals surface area contributed by atoms with Crippen LogP contribution in [0.1, 0.15) is 22.3 Å². The molecule has 1 aliphatic rings. The number of hydrogen-bond acceptors (Lipinski definition) is 2. The smallest absolute Gasteiger partial charge is 0.160 e. The lowest BCUT2D eigenvalue weighted by Crippen LogP contribution is -2.28. The molecule has 2 heteroatoms. The molecule has 0 saturated carbocycles. The van der Waals surface area contributed by atoms with Gasteiger partial charge in [-0.3, -0.25) is 0 Å². The molecule has 13 rings (SSSR count). The lowest BCUT2D eigenvalue weighted by Gasteiger charge is -2.34. The van der Waals surface area contributed by atoms with E-state index >= 15 is 0 Å². The predicted octanol–water partition coefficient (Wildman–Crippen LogP) is 16.6. The molecule has 0 radical (unpaired) electrons. The SMILES string of the molecule is c1ccc(-c2nc(-c3ccc(-c4c5ccccc5c(-c5ccccc5)c5ccc6ccccc6c45)cc3)cc(-c3ccc4c(c3)C(c3ccccc3)(c3ccccc3)c3ccccc3-4)n2)cc1. The third-order valence-electron chi connectivity index (χ3n) is 14.0. The maximum absolute atomic E-state index is 5.35. The highest BCUT2D eigenvalue weighted by atomic mass is 14.9. The Labute approximate surface area is 390 Å². The molecule has 0 saturated heterocycles. The quantitative estimate of drug-likeness (QED) is 0.118. The number of hydrogen-bond donors (Lipinski definition) is 0. The van der Waals surface area contributed by atoms with E-state index in [4.69, 9.17) is 9.97 Å². The van der Waals surface area contributed by atoms with Crippen molar-refractivity contribution in [3.8, 4) is 67.3 Å². The zero-order valence-corrected chi connectivity index (χ0v) is 36.6. The van der Waals surface area contributed by atoms with Crippen molar-refractivity contribution >= 4 is 32.3 Å². The second-order valence-electron chi connectivity index (χ2n) is 17.6. The van der Waals surface area contributed by atoms with E-state index in [1.807, 2.05) is 6.07 Å². The Morgan fingerprint density at radius 1 is 0.284 bits per heavy atom. The van der Waals surface area contributed by atoms with Crippen molar-refractivity contribution in [3.63, 3.8) is 0 Å². The minimum atomic E-state index is -0.516. The van der Waals surface area contributed by atoms with Crippen LogP contribution < -0.4 is 0 Å². The van der Waals surface area contributed by atoms with Crippen molar-refractivity contribution in [2.75, 3.05) is 0 Å². The second-order valence-corrected chi connectivity index (χ2v) is 17.6. The zero-order valence-electron chi connectivity index (χ0n) is 36.6. The van der Waals surface area contributed by atoms with Gasteiger partial charge in [-0.2, -0.15) is 0 Å². The summed E-state index contributed by atoms with van der Waals surface area (Å²) >= 11 is 0. The van der Waals surface area contributed by atoms with Gasteiger partial charge in [0.05, 0.1) is 16.8 Å². The number of nitrogens with zero attached hydrogens (tertiary/aromatic N) is 2. The molecule has 1 heterocycles. The Hall–Kier alpha value is -8.72. The number of benzene rings is 11. The highest BCUT2D eigenvalue weighted by Gasteiger charge is 2.46. The second kappa shape index (κ2) is 15.8. The molecule has 2 nitrogen and oxygen atoms in total. The summed E-state index contributed by atoms with van der Waals surface area (Å²) in [6, 6.07) is 92.4. The van der Waals surface area contributed by atoms with Gasteiger partial charge in [0.1, 0.15) is 0 Å². The van der Waals surface area contributed by atoms with Crippen molar-refractivity contribution in [1.29, 1.82) is 0 Å². The van der Waals surface area contributed by atoms with Crippen LogP contribution in [0.2, 0.25) is 0 Å². The number of fused-ring (bicyclic) bond motifs is 7. The van der Waals surface area contributed by atoms with Gasteiger partial charge >= 0.3 is 0 Å². The Balaban J connectivity index is 1.000. The fourth-order valence-electron chi connectivity index (χ4n) is 11.0. The first kappa shape index (κ1) is 38.7. The van der Waals surface area contributed by atoms with E-state index in [0.29, 0.717) is 5.82 Å². The Bertz CT molecular complexity index is 3780. The predicted molar refractivity (Wildman–Crippen MR) is 279 cm³/mol. The first-order valence-corrected chi connectivity index (χ1v) is 23.1. The molecule has 0 N–H and O–H groups in total. The summed E-state index contributed by atoms with van der Waals surface area (Å²) in [4.78, 5) is 10.7. The van der Waals surface area contributed by atoms with Gasteiger partial charge in [0.2, 0.25) is 0 Å². The molecule has 0 aliphatic heterocycles. The molecule has 0 fully saturated rings. The summed E-state index contributed by atoms with van der Waals surface area (Å²) in [5.41, 5.74) is 16.7. The van der Waals surface area contributed by atoms with Gasteiger partial charge < -0.3 is 0 Å². The molecule has 67 heavy (non-hydrogen) atoms. The van der Waals surface area contributed by atoms with Gasteiger partial charge in [-0.15, -0.1) is 0 Å². The minimum Gasteiger partial charge on any atom is -0.228 e. The topological polar surface area (TPSA) is 25.8 Å². The van der Waals surface area contributed by atoms with Gasteiger partial charge in [-0.1, -0.05) is 243 Å². The number of aromatic nitrogens is 2. The van der Waals surface area contributed by atoms with E-state index in [1.54, 1.807) is 0 Å². The molecule has 0 amide bonds. The van der Waals surface area contributed by atoms with E-state index in [1.165, 1.54) is 82.4 Å². The molecule has 0 atom stereocenters. The third-order valence-corrected chi connectivity index (χ3v) is 14.0. The van der Waals surface area contributed by atoms with E-state index in [0.717, 1.165) is 33.6 Å². The Kier molecular flexibility index (Phi) is 9.11. The van der Waals surface area contributed by atoms with Gasteiger partial charge in [0, 0.05) is 16.7 Å². The standard InChI is InChI=1S/C65H42N2/c1-5-20-45(21-6-1)61-54-30-15-16-31-55(54)62(63-51-28-14-13-19-43(51)37-40-56(61)63)46-35-33-44(34-36-46)59-42-60(67-64(66-59)47-22-7-2-8-23-47)48-38-39-53-52-29-17-18-32-57(52)65(58(53)41-48,49-24-9-3-10-25-49)50-26-11-4-12-27-50/h1-42H. The fourth-order valence-corrected chi connectivity index (χ4v) is 11.0. The molecule has 12 aromatic rings. The lowest BCUT2D eigenvalue weighted by molar-refractivity contribution is 0.768. The lowest BCUT2D eigenvalue weighted by atomic mass is 9.67. The first-order valence-electron chi connectivity index (χ1n) is 23.1. The van der Waals surface area contributed by atoms with Gasteiger partial charge in [0.25, 0.3) is 0 Å². The Morgan fingerprint density at radius 3 is 1.46 bits per heavy atom. The average Bonchev–Trinajstić information content (AvgIpc) is 3.71. The molecular weight excluding hydrogens is 809 g/mol. The van der Waals surface area contributed by atoms with Gasteiger partial charge in [-0.05, 0) is 100 Å². The summed E-state index contributed by atoms with van der Waals surface area (Å²) in [5, 5.41) is 7.45. The minimum absolute atomic E-state index is 0.516. The molecule has 0 bridgehead atoms. The van der Waals surface area contributed by atoms with E-state index in [-0.39, 0.29) is 0 Å². The molecule has 1 aliphatic carbocycles. The fraction of sp³-hybridized carbons (Fsp3) is 0.0154. The van der Waals surface area contributed by atoms with Crippen LogP contribution in [0.4, 0.5) is 0 Å². The van der Waals surface area contributed by atoms with Gasteiger partial charge in [0.15, 0.2) is 5.82 Å². The van der Waals surface area contributed by atoms with Crippen molar-refractivity contribution in [2.24, 2.45) is 0 Å². The summed E-state index contributed by atoms with van der Waals surface area (Å²) in [6.07, 6.45) is 0. The van der Waals surface area contributed by atoms with Crippen LogP contribution in [0.3, 0.4) is 0 Å². The maximum Gasteiger partial charge on any atom is 0.160 e. The van der Waals surface area contributed by atoms with Crippen LogP contribution in [-0.2, 0) is 5.41 Å². The summed E-state index contributed by atoms with van der Waals surface area (Å²) in [7, 11) is 0. The summed E-state index contributed by atoms with van der Waals surface area (Å²) in [5.74, 6) is 0.693. The van der Waals surface area contributed by atoms with Crippen LogP contribution in [0.15, 0.2) is 255 Å². The van der Waals surface area contributed by atoms with Crippen LogP contribution in [0.25, 0.3) is 99.6 Å². The zero-order chi connectivity index (χ0) is 44.3. The molecule has 312 valence electrons. The average molecular weight is 851 g/mol. The van der Waals surface area contributed by atoms with Crippen molar-refractivity contribution in [1.82, 2.24) is 9.97 Å². The highest BCUT2D eigenvalue weighted by molar-refractivity contribution is 6.27. The summed E-state index contributed by atoms with van der Waals surface area (Å²) < 4.78 is 0. The molecule has 1 aromatic heterocycles. The van der Waals surface area contributed by atoms with Crippen LogP contribution in [-0.4, -0.2) is 9.97 Å². The van der Waals surface area contributed by atoms with Gasteiger partial charge in [-0.25, -0.2) is 9.97 Å². The molecular formula is C65H42N2. The van der Waals surface area contributed by atoms with E-state index in [2.05, 4.69) is 249 Å². The van der Waals surface area contributed by atoms with E-state index in [9.17, 15) is 0 Å². The van der Waals surface area contributed by atoms with Crippen molar-refractivity contribution in [2.45, 2.75) is 5.41 Å². The maximum atomic E-state index is 5.35. The van der Waals surface area contributed by atoms with Crippen molar-refractivity contribution in [3.05, 3.63) is 277 Å². The molecule has 0 unspecified atom stereocenters.